The molecule has 0 unspecified atom stereocenters. The Bertz CT molecular complexity index is 1270. The van der Waals surface area contributed by atoms with Gasteiger partial charge in [0.2, 0.25) is 5.95 Å². The van der Waals surface area contributed by atoms with Gasteiger partial charge in [0.05, 0.1) is 16.6 Å². The summed E-state index contributed by atoms with van der Waals surface area (Å²) >= 11 is 17.9. The zero-order valence-electron chi connectivity index (χ0n) is 16.8. The maximum absolute atomic E-state index is 12.5. The van der Waals surface area contributed by atoms with Crippen LogP contribution in [0.4, 0.5) is 5.95 Å². The van der Waals surface area contributed by atoms with Gasteiger partial charge in [-0.2, -0.15) is 5.10 Å². The summed E-state index contributed by atoms with van der Waals surface area (Å²) in [7, 11) is 0. The average molecular weight is 492 g/mol. The maximum atomic E-state index is 12.5. The Balaban J connectivity index is 1.34. The van der Waals surface area contributed by atoms with E-state index in [1.165, 1.54) is 11.0 Å². The van der Waals surface area contributed by atoms with Crippen molar-refractivity contribution in [1.29, 1.82) is 0 Å². The lowest BCUT2D eigenvalue weighted by Gasteiger charge is -2.09. The highest BCUT2D eigenvalue weighted by molar-refractivity contribution is 6.42. The van der Waals surface area contributed by atoms with Gasteiger partial charge < -0.3 is 4.74 Å². The number of halogens is 3. The molecule has 4 rings (SSSR count). The van der Waals surface area contributed by atoms with Gasteiger partial charge in [-0.15, -0.1) is 5.10 Å². The van der Waals surface area contributed by atoms with E-state index in [4.69, 9.17) is 39.5 Å². The van der Waals surface area contributed by atoms with Gasteiger partial charge in [-0.1, -0.05) is 40.9 Å². The fraction of sp³-hybridized carbons (Fsp3) is 0.143. The molecule has 0 radical (unpaired) electrons. The van der Waals surface area contributed by atoms with Gasteiger partial charge in [-0.05, 0) is 54.4 Å². The number of anilines is 1. The third kappa shape index (κ3) is 5.40. The first-order valence-electron chi connectivity index (χ1n) is 9.44. The number of aryl methyl sites for hydroxylation is 1. The van der Waals surface area contributed by atoms with Crippen molar-refractivity contribution in [1.82, 2.24) is 24.5 Å². The lowest BCUT2D eigenvalue weighted by molar-refractivity contribution is 0.101. The van der Waals surface area contributed by atoms with Crippen LogP contribution in [-0.4, -0.2) is 30.5 Å². The van der Waals surface area contributed by atoms with E-state index in [2.05, 4.69) is 20.5 Å². The number of amides is 1. The Kier molecular flexibility index (Phi) is 6.64. The van der Waals surface area contributed by atoms with E-state index in [1.54, 1.807) is 41.2 Å². The molecular weight excluding hydrogens is 475 g/mol. The standard InChI is InChI=1S/C21H17Cl3N6O2/c1-13-8-15(22)3-5-19(13)32-12-29-7-6-18(27-29)20(31)26-21-25-11-30(28-21)10-14-2-4-16(23)17(24)9-14/h2-9,11H,10,12H2,1H3,(H,26,28,31). The van der Waals surface area contributed by atoms with Crippen LogP contribution in [0.3, 0.4) is 0 Å². The highest BCUT2D eigenvalue weighted by Gasteiger charge is 2.13. The molecule has 32 heavy (non-hydrogen) atoms. The van der Waals surface area contributed by atoms with Crippen molar-refractivity contribution in [2.45, 2.75) is 20.2 Å². The van der Waals surface area contributed by atoms with Crippen molar-refractivity contribution >= 4 is 46.7 Å². The van der Waals surface area contributed by atoms with Crippen molar-refractivity contribution in [2.75, 3.05) is 5.32 Å². The number of benzene rings is 2. The number of nitrogens with one attached hydrogen (secondary N) is 1. The van der Waals surface area contributed by atoms with Gasteiger partial charge in [-0.25, -0.2) is 14.3 Å². The minimum absolute atomic E-state index is 0.145. The van der Waals surface area contributed by atoms with Crippen LogP contribution >= 0.6 is 34.8 Å². The fourth-order valence-electron chi connectivity index (χ4n) is 2.88. The van der Waals surface area contributed by atoms with E-state index < -0.39 is 5.91 Å². The molecule has 2 aromatic carbocycles. The second-order valence-electron chi connectivity index (χ2n) is 6.89. The lowest BCUT2D eigenvalue weighted by atomic mass is 10.2. The van der Waals surface area contributed by atoms with Crippen LogP contribution < -0.4 is 10.1 Å². The van der Waals surface area contributed by atoms with E-state index >= 15 is 0 Å². The summed E-state index contributed by atoms with van der Waals surface area (Å²) < 4.78 is 8.82. The van der Waals surface area contributed by atoms with Crippen molar-refractivity contribution < 1.29 is 9.53 Å². The third-order valence-electron chi connectivity index (χ3n) is 4.45. The van der Waals surface area contributed by atoms with E-state index in [-0.39, 0.29) is 18.4 Å². The molecule has 8 nitrogen and oxygen atoms in total. The lowest BCUT2D eigenvalue weighted by Crippen LogP contribution is -2.15. The Hall–Kier alpha value is -3.07. The summed E-state index contributed by atoms with van der Waals surface area (Å²) in [5, 5.41) is 12.7. The molecule has 0 saturated heterocycles. The first kappa shape index (κ1) is 22.1. The number of ether oxygens (including phenoxy) is 1. The summed E-state index contributed by atoms with van der Waals surface area (Å²) in [5.41, 5.74) is 2.02. The molecule has 2 heterocycles. The first-order valence-corrected chi connectivity index (χ1v) is 10.6. The molecule has 0 bridgehead atoms. The van der Waals surface area contributed by atoms with E-state index in [9.17, 15) is 4.79 Å². The molecule has 164 valence electrons. The quantitative estimate of drug-likeness (QED) is 0.389. The van der Waals surface area contributed by atoms with Crippen LogP contribution in [0.5, 0.6) is 5.75 Å². The molecule has 0 aliphatic heterocycles. The van der Waals surface area contributed by atoms with Gasteiger partial charge in [-0.3, -0.25) is 10.1 Å². The number of aromatic nitrogens is 5. The smallest absolute Gasteiger partial charge is 0.278 e. The molecule has 0 aliphatic rings. The number of rotatable bonds is 7. The molecule has 11 heteroatoms. The van der Waals surface area contributed by atoms with E-state index in [0.717, 1.165) is 11.1 Å². The zero-order valence-corrected chi connectivity index (χ0v) is 19.1. The van der Waals surface area contributed by atoms with Crippen LogP contribution in [0.2, 0.25) is 15.1 Å². The maximum Gasteiger partial charge on any atom is 0.278 e. The SMILES string of the molecule is Cc1cc(Cl)ccc1OCn1ccc(C(=O)Nc2ncn(Cc3ccc(Cl)c(Cl)c3)n2)n1. The number of hydrogen-bond acceptors (Lipinski definition) is 5. The van der Waals surface area contributed by atoms with Crippen molar-refractivity contribution in [3.63, 3.8) is 0 Å². The molecule has 0 atom stereocenters. The van der Waals surface area contributed by atoms with Crippen molar-refractivity contribution in [3.05, 3.63) is 86.9 Å². The molecule has 2 aromatic heterocycles. The third-order valence-corrected chi connectivity index (χ3v) is 5.43. The fourth-order valence-corrected chi connectivity index (χ4v) is 3.43. The van der Waals surface area contributed by atoms with Gasteiger partial charge in [0.1, 0.15) is 12.1 Å². The zero-order chi connectivity index (χ0) is 22.7. The topological polar surface area (TPSA) is 86.9 Å². The minimum Gasteiger partial charge on any atom is -0.471 e. The van der Waals surface area contributed by atoms with Crippen molar-refractivity contribution in [3.8, 4) is 5.75 Å². The number of carbonyl (C=O) groups is 1. The summed E-state index contributed by atoms with van der Waals surface area (Å²) in [6.45, 7) is 2.47. The highest BCUT2D eigenvalue weighted by Crippen LogP contribution is 2.23. The van der Waals surface area contributed by atoms with Crippen molar-refractivity contribution in [2.24, 2.45) is 0 Å². The van der Waals surface area contributed by atoms with Gasteiger partial charge in [0.25, 0.3) is 5.91 Å². The molecule has 0 spiro atoms. The Morgan fingerprint density at radius 2 is 1.88 bits per heavy atom. The highest BCUT2D eigenvalue weighted by atomic mass is 35.5. The molecule has 1 N–H and O–H groups in total. The number of nitrogens with zero attached hydrogens (tertiary/aromatic N) is 5. The summed E-state index contributed by atoms with van der Waals surface area (Å²) in [6, 6.07) is 12.2. The first-order chi connectivity index (χ1) is 15.4. The number of hydrogen-bond donors (Lipinski definition) is 1. The van der Waals surface area contributed by atoms with Crippen LogP contribution in [0.1, 0.15) is 21.6 Å². The minimum atomic E-state index is -0.432. The normalized spacial score (nSPS) is 10.9. The van der Waals surface area contributed by atoms with Gasteiger partial charge in [0.15, 0.2) is 12.4 Å². The van der Waals surface area contributed by atoms with Crippen LogP contribution in [0.25, 0.3) is 0 Å². The van der Waals surface area contributed by atoms with E-state index in [1.807, 2.05) is 19.1 Å². The second kappa shape index (κ2) is 9.60. The second-order valence-corrected chi connectivity index (χ2v) is 8.14. The summed E-state index contributed by atoms with van der Waals surface area (Å²) in [6.07, 6.45) is 3.16. The van der Waals surface area contributed by atoms with Gasteiger partial charge >= 0.3 is 0 Å². The molecule has 0 fully saturated rings. The average Bonchev–Trinajstić information content (AvgIpc) is 3.40. The summed E-state index contributed by atoms with van der Waals surface area (Å²) in [4.78, 5) is 16.6. The number of carbonyl (C=O) groups excluding carboxylic acids is 1. The largest absolute Gasteiger partial charge is 0.471 e. The summed E-state index contributed by atoms with van der Waals surface area (Å²) in [5.74, 6) is 0.420. The molecule has 0 aliphatic carbocycles. The molecule has 1 amide bonds. The predicted octanol–water partition coefficient (Wildman–Crippen LogP) is 5.08. The Morgan fingerprint density at radius 1 is 1.03 bits per heavy atom. The predicted molar refractivity (Wildman–Crippen MR) is 123 cm³/mol. The van der Waals surface area contributed by atoms with Crippen LogP contribution in [0.15, 0.2) is 55.0 Å². The van der Waals surface area contributed by atoms with Gasteiger partial charge in [0, 0.05) is 11.2 Å². The molecule has 4 aromatic rings. The van der Waals surface area contributed by atoms with Crippen LogP contribution in [0, 0.1) is 6.92 Å². The molecular formula is C21H17Cl3N6O2. The van der Waals surface area contributed by atoms with E-state index in [0.29, 0.717) is 27.4 Å². The van der Waals surface area contributed by atoms with Crippen LogP contribution in [-0.2, 0) is 13.3 Å². The molecule has 0 saturated carbocycles. The Morgan fingerprint density at radius 3 is 2.66 bits per heavy atom. The monoisotopic (exact) mass is 490 g/mol. The Labute approximate surface area is 198 Å².